The second kappa shape index (κ2) is 11.0. The van der Waals surface area contributed by atoms with Crippen LogP contribution >= 0.6 is 11.3 Å². The van der Waals surface area contributed by atoms with E-state index in [-0.39, 0.29) is 11.5 Å². The number of anilines is 1. The molecule has 0 unspecified atom stereocenters. The molecule has 0 saturated carbocycles. The Kier molecular flexibility index (Phi) is 7.58. The number of ether oxygens (including phenoxy) is 2. The maximum atomic E-state index is 13.6. The third kappa shape index (κ3) is 5.42. The van der Waals surface area contributed by atoms with Crippen LogP contribution in [0, 0.1) is 0 Å². The maximum absolute atomic E-state index is 13.6. The van der Waals surface area contributed by atoms with E-state index in [0.717, 1.165) is 10.4 Å². The lowest BCUT2D eigenvalue weighted by Crippen LogP contribution is -2.49. The van der Waals surface area contributed by atoms with E-state index in [0.29, 0.717) is 49.2 Å². The molecule has 1 fully saturated rings. The van der Waals surface area contributed by atoms with Gasteiger partial charge < -0.3 is 19.3 Å². The van der Waals surface area contributed by atoms with E-state index in [1.807, 2.05) is 51.6 Å². The Balaban J connectivity index is 1.50. The van der Waals surface area contributed by atoms with Gasteiger partial charge in [-0.1, -0.05) is 12.1 Å². The van der Waals surface area contributed by atoms with Crippen LogP contribution in [0.1, 0.15) is 20.8 Å². The molecule has 0 atom stereocenters. The van der Waals surface area contributed by atoms with Crippen LogP contribution in [0.2, 0.25) is 0 Å². The van der Waals surface area contributed by atoms with E-state index in [4.69, 9.17) is 14.7 Å². The predicted octanol–water partition coefficient (Wildman–Crippen LogP) is 2.56. The number of benzene rings is 1. The Morgan fingerprint density at radius 1 is 1.06 bits per heavy atom. The molecule has 11 heteroatoms. The number of carbonyl (C=O) groups is 2. The van der Waals surface area contributed by atoms with Gasteiger partial charge in [0, 0.05) is 43.4 Å². The Morgan fingerprint density at radius 2 is 1.77 bits per heavy atom. The average molecular weight is 496 g/mol. The first-order valence-electron chi connectivity index (χ1n) is 10.8. The van der Waals surface area contributed by atoms with Gasteiger partial charge in [-0.2, -0.15) is 0 Å². The zero-order valence-corrected chi connectivity index (χ0v) is 20.1. The molecule has 1 aliphatic rings. The first kappa shape index (κ1) is 24.2. The predicted molar refractivity (Wildman–Crippen MR) is 132 cm³/mol. The second-order valence-electron chi connectivity index (χ2n) is 7.64. The van der Waals surface area contributed by atoms with Crippen LogP contribution in [0.4, 0.5) is 5.95 Å². The largest absolute Gasteiger partial charge is 0.493 e. The number of nitrogens with one attached hydrogen (secondary N) is 1. The smallest absolute Gasteiger partial charge is 0.277 e. The molecule has 35 heavy (non-hydrogen) atoms. The summed E-state index contributed by atoms with van der Waals surface area (Å²) in [5.41, 5.74) is 3.15. The molecule has 10 nitrogen and oxygen atoms in total. The van der Waals surface area contributed by atoms with Gasteiger partial charge in [-0.15, -0.1) is 11.3 Å². The molecule has 3 heterocycles. The summed E-state index contributed by atoms with van der Waals surface area (Å²) in [4.78, 5) is 38.1. The summed E-state index contributed by atoms with van der Waals surface area (Å²) in [6, 6.07) is 9.40. The van der Waals surface area contributed by atoms with E-state index < -0.39 is 5.91 Å². The van der Waals surface area contributed by atoms with Gasteiger partial charge in [-0.25, -0.2) is 15.4 Å². The average Bonchev–Trinajstić information content (AvgIpc) is 3.45. The van der Waals surface area contributed by atoms with E-state index >= 15 is 0 Å². The minimum absolute atomic E-state index is 0.0576. The number of methoxy groups -OCH3 is 2. The molecule has 3 aromatic rings. The van der Waals surface area contributed by atoms with E-state index in [2.05, 4.69) is 9.97 Å². The Bertz CT molecular complexity index is 1210. The van der Waals surface area contributed by atoms with Crippen LogP contribution in [0.15, 0.2) is 48.1 Å². The van der Waals surface area contributed by atoms with Gasteiger partial charge in [0.05, 0.1) is 25.4 Å². The van der Waals surface area contributed by atoms with Crippen LogP contribution < -0.4 is 19.9 Å². The summed E-state index contributed by atoms with van der Waals surface area (Å²) in [6.07, 6.45) is 4.58. The Morgan fingerprint density at radius 3 is 2.37 bits per heavy atom. The number of thiophene rings is 1. The van der Waals surface area contributed by atoms with Crippen LogP contribution in [-0.2, 0) is 4.79 Å². The van der Waals surface area contributed by atoms with Crippen molar-refractivity contribution in [2.24, 2.45) is 0 Å². The number of hydrogen-bond donors (Lipinski definition) is 2. The molecular formula is C24H25N5O5S. The summed E-state index contributed by atoms with van der Waals surface area (Å²) >= 11 is 1.51. The number of nitrogens with zero attached hydrogens (tertiary/aromatic N) is 4. The van der Waals surface area contributed by atoms with Gasteiger partial charge in [0.25, 0.3) is 11.8 Å². The van der Waals surface area contributed by atoms with Crippen molar-refractivity contribution in [3.63, 3.8) is 0 Å². The molecule has 2 aromatic heterocycles. The number of amides is 2. The van der Waals surface area contributed by atoms with Crippen molar-refractivity contribution in [1.82, 2.24) is 20.3 Å². The molecule has 0 radical (unpaired) electrons. The van der Waals surface area contributed by atoms with Crippen molar-refractivity contribution in [1.29, 1.82) is 0 Å². The van der Waals surface area contributed by atoms with Crippen molar-refractivity contribution in [2.45, 2.75) is 0 Å². The van der Waals surface area contributed by atoms with E-state index in [1.54, 1.807) is 19.7 Å². The Labute approximate surface area is 206 Å². The first-order chi connectivity index (χ1) is 17.0. The van der Waals surface area contributed by atoms with E-state index in [1.165, 1.54) is 23.7 Å². The standard InChI is InChI=1S/C24H25N5O5S/c1-33-19-6-5-16(13-20(19)34-2)12-18(21-4-3-11-35-21)23(31)28-7-9-29(10-8-28)24-25-14-17(15-26-24)22(30)27-32/h3-6,11-15,32H,7-10H2,1-2H3,(H,27,30). The molecule has 1 aliphatic heterocycles. The van der Waals surface area contributed by atoms with Crippen molar-refractivity contribution < 1.29 is 24.3 Å². The zero-order chi connectivity index (χ0) is 24.8. The third-order valence-corrected chi connectivity index (χ3v) is 6.49. The van der Waals surface area contributed by atoms with Crippen LogP contribution in [0.3, 0.4) is 0 Å². The molecule has 2 N–H and O–H groups in total. The molecule has 1 aromatic carbocycles. The highest BCUT2D eigenvalue weighted by molar-refractivity contribution is 7.11. The highest BCUT2D eigenvalue weighted by Crippen LogP contribution is 2.31. The molecule has 0 spiro atoms. The lowest BCUT2D eigenvalue weighted by atomic mass is 10.1. The topological polar surface area (TPSA) is 117 Å². The molecule has 0 aliphatic carbocycles. The van der Waals surface area contributed by atoms with Gasteiger partial charge >= 0.3 is 0 Å². The number of carbonyl (C=O) groups excluding carboxylic acids is 2. The third-order valence-electron chi connectivity index (χ3n) is 5.59. The summed E-state index contributed by atoms with van der Waals surface area (Å²) in [6.45, 7) is 2.09. The maximum Gasteiger partial charge on any atom is 0.277 e. The fourth-order valence-electron chi connectivity index (χ4n) is 3.73. The Hall–Kier alpha value is -3.96. The van der Waals surface area contributed by atoms with Crippen molar-refractivity contribution >= 4 is 40.7 Å². The summed E-state index contributed by atoms with van der Waals surface area (Å²) in [5, 5.41) is 10.7. The first-order valence-corrected chi connectivity index (χ1v) is 11.7. The fraction of sp³-hybridized carbons (Fsp3) is 0.250. The zero-order valence-electron chi connectivity index (χ0n) is 19.3. The number of hydroxylamine groups is 1. The van der Waals surface area contributed by atoms with Gasteiger partial charge in [0.2, 0.25) is 5.95 Å². The highest BCUT2D eigenvalue weighted by atomic mass is 32.1. The number of piperazine rings is 1. The van der Waals surface area contributed by atoms with Crippen molar-refractivity contribution in [3.05, 3.63) is 64.1 Å². The van der Waals surface area contributed by atoms with Gasteiger partial charge in [-0.05, 0) is 35.2 Å². The quantitative estimate of drug-likeness (QED) is 0.292. The van der Waals surface area contributed by atoms with Crippen molar-refractivity contribution in [2.75, 3.05) is 45.3 Å². The van der Waals surface area contributed by atoms with Gasteiger partial charge in [0.1, 0.15) is 0 Å². The molecule has 2 amide bonds. The monoisotopic (exact) mass is 495 g/mol. The lowest BCUT2D eigenvalue weighted by Gasteiger charge is -2.35. The normalized spacial score (nSPS) is 14.0. The summed E-state index contributed by atoms with van der Waals surface area (Å²) in [5.74, 6) is 0.949. The summed E-state index contributed by atoms with van der Waals surface area (Å²) in [7, 11) is 3.16. The molecule has 4 rings (SSSR count). The second-order valence-corrected chi connectivity index (χ2v) is 8.59. The van der Waals surface area contributed by atoms with Crippen LogP contribution in [0.5, 0.6) is 11.5 Å². The fourth-order valence-corrected chi connectivity index (χ4v) is 4.46. The lowest BCUT2D eigenvalue weighted by molar-refractivity contribution is -0.125. The highest BCUT2D eigenvalue weighted by Gasteiger charge is 2.26. The molecular weight excluding hydrogens is 470 g/mol. The van der Waals surface area contributed by atoms with Crippen LogP contribution in [-0.4, -0.2) is 72.3 Å². The van der Waals surface area contributed by atoms with Gasteiger partial charge in [0.15, 0.2) is 11.5 Å². The number of hydrogen-bond acceptors (Lipinski definition) is 9. The van der Waals surface area contributed by atoms with Crippen LogP contribution in [0.25, 0.3) is 11.6 Å². The molecule has 1 saturated heterocycles. The minimum atomic E-state index is -0.672. The van der Waals surface area contributed by atoms with Crippen molar-refractivity contribution in [3.8, 4) is 11.5 Å². The summed E-state index contributed by atoms with van der Waals surface area (Å²) < 4.78 is 10.7. The molecule has 182 valence electrons. The van der Waals surface area contributed by atoms with Gasteiger partial charge in [-0.3, -0.25) is 14.8 Å². The minimum Gasteiger partial charge on any atom is -0.493 e. The SMILES string of the molecule is COc1ccc(C=C(C(=O)N2CCN(c3ncc(C(=O)NO)cn3)CC2)c2cccs2)cc1OC. The number of rotatable bonds is 7. The molecule has 0 bridgehead atoms. The van der Waals surface area contributed by atoms with E-state index in [9.17, 15) is 9.59 Å². The number of aromatic nitrogens is 2.